The minimum Gasteiger partial charge on any atom is -0.481 e. The second-order valence-corrected chi connectivity index (χ2v) is 5.26. The topological polar surface area (TPSA) is 154 Å². The number of carboxylic acids is 2. The molecule has 10 nitrogen and oxygen atoms in total. The summed E-state index contributed by atoms with van der Waals surface area (Å²) in [7, 11) is 0. The highest BCUT2D eigenvalue weighted by molar-refractivity contribution is 6.39. The van der Waals surface area contributed by atoms with Gasteiger partial charge in [-0.15, -0.1) is 0 Å². The standard InChI is InChI=1S/C18H15N3O7/c22-15(23)10-28-14-7-2-1-4-12(14)9-19-21-17(25)16(24)20-13-6-3-5-11(8-13)18(26)27/h1-9H,10H2,(H,20,24)(H,21,25)(H,22,23)(H,26,27)/b19-9-. The zero-order valence-corrected chi connectivity index (χ0v) is 14.3. The molecule has 0 aliphatic carbocycles. The van der Waals surface area contributed by atoms with Gasteiger partial charge in [-0.1, -0.05) is 18.2 Å². The summed E-state index contributed by atoms with van der Waals surface area (Å²) in [6.45, 7) is -0.547. The molecule has 2 aromatic carbocycles. The number of para-hydroxylation sites is 1. The molecule has 0 aromatic heterocycles. The van der Waals surface area contributed by atoms with E-state index in [4.69, 9.17) is 14.9 Å². The van der Waals surface area contributed by atoms with Gasteiger partial charge in [0.2, 0.25) is 0 Å². The van der Waals surface area contributed by atoms with E-state index in [1.54, 1.807) is 18.2 Å². The Balaban J connectivity index is 1.96. The lowest BCUT2D eigenvalue weighted by Crippen LogP contribution is -2.32. The first-order chi connectivity index (χ1) is 13.4. The number of nitrogens with zero attached hydrogens (tertiary/aromatic N) is 1. The number of hydrogen-bond acceptors (Lipinski definition) is 6. The molecule has 10 heteroatoms. The minimum atomic E-state index is -1.17. The van der Waals surface area contributed by atoms with Gasteiger partial charge < -0.3 is 20.3 Å². The van der Waals surface area contributed by atoms with Crippen LogP contribution in [-0.4, -0.2) is 46.8 Å². The Hall–Kier alpha value is -4.21. The van der Waals surface area contributed by atoms with E-state index < -0.39 is 30.4 Å². The van der Waals surface area contributed by atoms with Gasteiger partial charge in [0.15, 0.2) is 6.61 Å². The van der Waals surface area contributed by atoms with Gasteiger partial charge in [-0.3, -0.25) is 9.59 Å². The van der Waals surface area contributed by atoms with E-state index in [0.29, 0.717) is 5.56 Å². The smallest absolute Gasteiger partial charge is 0.341 e. The first-order valence-electron chi connectivity index (χ1n) is 7.78. The van der Waals surface area contributed by atoms with Gasteiger partial charge in [0.1, 0.15) is 5.75 Å². The third-order valence-electron chi connectivity index (χ3n) is 3.21. The number of hydrogen-bond donors (Lipinski definition) is 4. The predicted octanol–water partition coefficient (Wildman–Crippen LogP) is 0.937. The summed E-state index contributed by atoms with van der Waals surface area (Å²) in [6, 6.07) is 11.8. The summed E-state index contributed by atoms with van der Waals surface area (Å²) < 4.78 is 5.08. The maximum absolute atomic E-state index is 11.8. The number of aliphatic carboxylic acids is 1. The maximum Gasteiger partial charge on any atom is 0.341 e. The highest BCUT2D eigenvalue weighted by Crippen LogP contribution is 2.15. The van der Waals surface area contributed by atoms with Crippen LogP contribution >= 0.6 is 0 Å². The van der Waals surface area contributed by atoms with Crippen molar-refractivity contribution in [2.45, 2.75) is 0 Å². The average Bonchev–Trinajstić information content (AvgIpc) is 2.67. The number of rotatable bonds is 7. The molecule has 0 unspecified atom stereocenters. The number of benzene rings is 2. The fourth-order valence-electron chi connectivity index (χ4n) is 1.99. The molecule has 0 heterocycles. The lowest BCUT2D eigenvalue weighted by Gasteiger charge is -2.06. The van der Waals surface area contributed by atoms with Gasteiger partial charge in [0.05, 0.1) is 11.8 Å². The molecule has 2 amide bonds. The Labute approximate surface area is 158 Å². The Kier molecular flexibility index (Phi) is 6.81. The van der Waals surface area contributed by atoms with E-state index in [-0.39, 0.29) is 17.0 Å². The molecule has 0 fully saturated rings. The van der Waals surface area contributed by atoms with Crippen LogP contribution in [0.3, 0.4) is 0 Å². The van der Waals surface area contributed by atoms with Crippen LogP contribution in [-0.2, 0) is 14.4 Å². The number of amides is 2. The predicted molar refractivity (Wildman–Crippen MR) is 97.3 cm³/mol. The van der Waals surface area contributed by atoms with Crippen LogP contribution in [0.15, 0.2) is 53.6 Å². The van der Waals surface area contributed by atoms with E-state index in [2.05, 4.69) is 10.4 Å². The van der Waals surface area contributed by atoms with Crippen molar-refractivity contribution < 1.29 is 34.1 Å². The van der Waals surface area contributed by atoms with Crippen molar-refractivity contribution in [2.75, 3.05) is 11.9 Å². The number of carboxylic acid groups (broad SMARTS) is 2. The van der Waals surface area contributed by atoms with Crippen molar-refractivity contribution in [2.24, 2.45) is 5.10 Å². The zero-order chi connectivity index (χ0) is 20.5. The van der Waals surface area contributed by atoms with Crippen LogP contribution in [0.1, 0.15) is 15.9 Å². The molecular formula is C18H15N3O7. The van der Waals surface area contributed by atoms with Gasteiger partial charge >= 0.3 is 23.8 Å². The maximum atomic E-state index is 11.8. The third-order valence-corrected chi connectivity index (χ3v) is 3.21. The van der Waals surface area contributed by atoms with E-state index in [0.717, 1.165) is 0 Å². The molecule has 2 aromatic rings. The van der Waals surface area contributed by atoms with Crippen molar-refractivity contribution in [3.63, 3.8) is 0 Å². The number of ether oxygens (including phenoxy) is 1. The molecule has 0 atom stereocenters. The summed E-state index contributed by atoms with van der Waals surface area (Å²) in [6.07, 6.45) is 1.19. The highest BCUT2D eigenvalue weighted by Gasteiger charge is 2.14. The van der Waals surface area contributed by atoms with E-state index in [1.165, 1.54) is 36.5 Å². The van der Waals surface area contributed by atoms with Gasteiger partial charge in [-0.05, 0) is 30.3 Å². The normalized spacial score (nSPS) is 10.3. The number of hydrazone groups is 1. The van der Waals surface area contributed by atoms with Crippen molar-refractivity contribution in [1.82, 2.24) is 5.43 Å². The highest BCUT2D eigenvalue weighted by atomic mass is 16.5. The third kappa shape index (κ3) is 5.95. The first-order valence-corrected chi connectivity index (χ1v) is 7.78. The summed E-state index contributed by atoms with van der Waals surface area (Å²) >= 11 is 0. The number of nitrogens with one attached hydrogen (secondary N) is 2. The van der Waals surface area contributed by atoms with Crippen molar-refractivity contribution in [1.29, 1.82) is 0 Å². The second-order valence-electron chi connectivity index (χ2n) is 5.26. The van der Waals surface area contributed by atoms with Crippen LogP contribution < -0.4 is 15.5 Å². The fraction of sp³-hybridized carbons (Fsp3) is 0.0556. The number of anilines is 1. The molecule has 2 rings (SSSR count). The quantitative estimate of drug-likeness (QED) is 0.314. The Bertz CT molecular complexity index is 940. The van der Waals surface area contributed by atoms with Crippen molar-refractivity contribution in [3.8, 4) is 5.75 Å². The average molecular weight is 385 g/mol. The Morgan fingerprint density at radius 3 is 2.46 bits per heavy atom. The van der Waals surface area contributed by atoms with Crippen LogP contribution in [0.4, 0.5) is 5.69 Å². The second kappa shape index (κ2) is 9.48. The largest absolute Gasteiger partial charge is 0.481 e. The summed E-state index contributed by atoms with van der Waals surface area (Å²) in [5, 5.41) is 23.4. The zero-order valence-electron chi connectivity index (χ0n) is 14.3. The Morgan fingerprint density at radius 1 is 1.00 bits per heavy atom. The first kappa shape index (κ1) is 20.1. The molecule has 0 bridgehead atoms. The number of carbonyl (C=O) groups is 4. The molecule has 28 heavy (non-hydrogen) atoms. The molecule has 0 aliphatic rings. The number of carbonyl (C=O) groups excluding carboxylic acids is 2. The molecule has 144 valence electrons. The lowest BCUT2D eigenvalue weighted by molar-refractivity contribution is -0.139. The molecule has 0 radical (unpaired) electrons. The fourth-order valence-corrected chi connectivity index (χ4v) is 1.99. The monoisotopic (exact) mass is 385 g/mol. The summed E-state index contributed by atoms with van der Waals surface area (Å²) in [4.78, 5) is 45.1. The summed E-state index contributed by atoms with van der Waals surface area (Å²) in [5.41, 5.74) is 2.49. The molecule has 0 saturated heterocycles. The molecule has 0 aliphatic heterocycles. The van der Waals surface area contributed by atoms with Gasteiger partial charge in [-0.2, -0.15) is 5.10 Å². The van der Waals surface area contributed by atoms with Crippen LogP contribution in [0.2, 0.25) is 0 Å². The van der Waals surface area contributed by atoms with Crippen LogP contribution in [0.25, 0.3) is 0 Å². The van der Waals surface area contributed by atoms with E-state index >= 15 is 0 Å². The van der Waals surface area contributed by atoms with Gasteiger partial charge in [0.25, 0.3) is 0 Å². The van der Waals surface area contributed by atoms with Crippen molar-refractivity contribution >= 4 is 35.7 Å². The molecular weight excluding hydrogens is 370 g/mol. The van der Waals surface area contributed by atoms with E-state index in [1.807, 2.05) is 5.43 Å². The van der Waals surface area contributed by atoms with Crippen LogP contribution in [0.5, 0.6) is 5.75 Å². The number of aromatic carboxylic acids is 1. The lowest BCUT2D eigenvalue weighted by atomic mass is 10.2. The molecule has 0 spiro atoms. The Morgan fingerprint density at radius 2 is 1.75 bits per heavy atom. The molecule has 4 N–H and O–H groups in total. The van der Waals surface area contributed by atoms with E-state index in [9.17, 15) is 19.2 Å². The summed E-state index contributed by atoms with van der Waals surface area (Å²) in [5.74, 6) is -4.22. The minimum absolute atomic E-state index is 0.0470. The molecule has 0 saturated carbocycles. The van der Waals surface area contributed by atoms with Crippen molar-refractivity contribution in [3.05, 3.63) is 59.7 Å². The van der Waals surface area contributed by atoms with Gasteiger partial charge in [-0.25, -0.2) is 15.0 Å². The van der Waals surface area contributed by atoms with Gasteiger partial charge in [0, 0.05) is 11.3 Å². The van der Waals surface area contributed by atoms with Crippen LogP contribution in [0, 0.1) is 0 Å². The SMILES string of the molecule is O=C(O)COc1ccccc1/C=N\NC(=O)C(=O)Nc1cccc(C(=O)O)c1.